The molecule has 1 aliphatic rings. The summed E-state index contributed by atoms with van der Waals surface area (Å²) in [4.78, 5) is 11.6. The number of aliphatic hydroxyl groups excluding tert-OH is 1. The lowest BCUT2D eigenvalue weighted by molar-refractivity contribution is -0.0963. The van der Waals surface area contributed by atoms with Crippen molar-refractivity contribution in [2.24, 2.45) is 0 Å². The van der Waals surface area contributed by atoms with E-state index in [1.54, 1.807) is 20.8 Å². The molecule has 0 saturated heterocycles. The lowest BCUT2D eigenvalue weighted by atomic mass is 9.82. The van der Waals surface area contributed by atoms with Gasteiger partial charge in [-0.05, 0) is 40.0 Å². The van der Waals surface area contributed by atoms with Crippen LogP contribution in [0, 0.1) is 0 Å². The number of sulfone groups is 1. The van der Waals surface area contributed by atoms with E-state index in [1.165, 1.54) is 0 Å². The first-order valence-corrected chi connectivity index (χ1v) is 8.85. The molecule has 0 radical (unpaired) electrons. The molecule has 3 N–H and O–H groups in total. The fourth-order valence-corrected chi connectivity index (χ4v) is 3.38. The van der Waals surface area contributed by atoms with E-state index in [-0.39, 0.29) is 25.8 Å². The van der Waals surface area contributed by atoms with Crippen LogP contribution in [0.2, 0.25) is 0 Å². The predicted octanol–water partition coefficient (Wildman–Crippen LogP) is 0.200. The Balaban J connectivity index is 2.58. The van der Waals surface area contributed by atoms with E-state index >= 15 is 0 Å². The van der Waals surface area contributed by atoms with Crippen molar-refractivity contribution in [3.05, 3.63) is 0 Å². The minimum Gasteiger partial charge on any atom is -0.444 e. The number of nitrogens with one attached hydrogen (secondary N) is 1. The van der Waals surface area contributed by atoms with Crippen molar-refractivity contribution in [3.8, 4) is 0 Å². The van der Waals surface area contributed by atoms with Crippen LogP contribution >= 0.6 is 0 Å². The van der Waals surface area contributed by atoms with Crippen LogP contribution in [0.4, 0.5) is 4.79 Å². The zero-order valence-corrected chi connectivity index (χ0v) is 13.7. The van der Waals surface area contributed by atoms with Crippen LogP contribution in [0.25, 0.3) is 0 Å². The van der Waals surface area contributed by atoms with Crippen molar-refractivity contribution in [2.75, 3.05) is 12.8 Å². The molecule has 0 spiro atoms. The van der Waals surface area contributed by atoms with Gasteiger partial charge in [0.1, 0.15) is 21.0 Å². The number of hydrogen-bond acceptors (Lipinski definition) is 6. The molecule has 0 aromatic heterocycles. The zero-order chi connectivity index (χ0) is 16.5. The lowest BCUT2D eigenvalue weighted by Gasteiger charge is -2.39. The molecule has 1 aliphatic carbocycles. The topological polar surface area (TPSA) is 113 Å². The minimum absolute atomic E-state index is 0.0364. The third-order valence-electron chi connectivity index (χ3n) is 3.55. The largest absolute Gasteiger partial charge is 0.444 e. The standard InChI is InChI=1S/C13H25NO6S/c1-12(2,3)20-11(16)14-8-13(17)6-5-9(7-10(13)15)21(4,18)19/h9-10,15,17H,5-8H2,1-4H3,(H,14,16). The molecule has 3 atom stereocenters. The highest BCUT2D eigenvalue weighted by molar-refractivity contribution is 7.91. The summed E-state index contributed by atoms with van der Waals surface area (Å²) in [6.07, 6.45) is -0.461. The number of carbonyl (C=O) groups is 1. The molecular formula is C13H25NO6S. The van der Waals surface area contributed by atoms with Crippen molar-refractivity contribution < 1.29 is 28.2 Å². The average Bonchev–Trinajstić information content (AvgIpc) is 2.27. The molecular weight excluding hydrogens is 298 g/mol. The van der Waals surface area contributed by atoms with Gasteiger partial charge in [0.25, 0.3) is 0 Å². The minimum atomic E-state index is -3.25. The van der Waals surface area contributed by atoms with Crippen molar-refractivity contribution in [1.29, 1.82) is 0 Å². The number of carbonyl (C=O) groups excluding carboxylic acids is 1. The van der Waals surface area contributed by atoms with E-state index in [9.17, 15) is 23.4 Å². The summed E-state index contributed by atoms with van der Waals surface area (Å²) < 4.78 is 28.0. The molecule has 8 heteroatoms. The second-order valence-electron chi connectivity index (χ2n) is 6.70. The Morgan fingerprint density at radius 2 is 2.00 bits per heavy atom. The Kier molecular flexibility index (Phi) is 5.28. The van der Waals surface area contributed by atoms with Gasteiger partial charge in [0, 0.05) is 6.26 Å². The highest BCUT2D eigenvalue weighted by atomic mass is 32.2. The second kappa shape index (κ2) is 6.10. The molecule has 21 heavy (non-hydrogen) atoms. The molecule has 124 valence electrons. The van der Waals surface area contributed by atoms with E-state index in [4.69, 9.17) is 4.74 Å². The van der Waals surface area contributed by atoms with Gasteiger partial charge in [-0.25, -0.2) is 13.2 Å². The van der Waals surface area contributed by atoms with E-state index in [1.807, 2.05) is 0 Å². The van der Waals surface area contributed by atoms with Crippen LogP contribution in [0.5, 0.6) is 0 Å². The van der Waals surface area contributed by atoms with Crippen LogP contribution in [0.1, 0.15) is 40.0 Å². The van der Waals surface area contributed by atoms with Crippen LogP contribution in [0.3, 0.4) is 0 Å². The third kappa shape index (κ3) is 5.44. The molecule has 1 amide bonds. The van der Waals surface area contributed by atoms with E-state index < -0.39 is 38.5 Å². The molecule has 0 bridgehead atoms. The van der Waals surface area contributed by atoms with Gasteiger partial charge >= 0.3 is 6.09 Å². The van der Waals surface area contributed by atoms with Crippen LogP contribution in [-0.4, -0.2) is 60.1 Å². The maximum atomic E-state index is 11.6. The quantitative estimate of drug-likeness (QED) is 0.684. The van der Waals surface area contributed by atoms with Gasteiger partial charge in [0.15, 0.2) is 0 Å². The van der Waals surface area contributed by atoms with E-state index in [0.717, 1.165) is 6.26 Å². The molecule has 0 heterocycles. The third-order valence-corrected chi connectivity index (χ3v) is 5.19. The summed E-state index contributed by atoms with van der Waals surface area (Å²) >= 11 is 0. The smallest absolute Gasteiger partial charge is 0.407 e. The Bertz CT molecular complexity index is 483. The number of alkyl carbamates (subject to hydrolysis) is 1. The first kappa shape index (κ1) is 18.2. The Labute approximate surface area is 125 Å². The van der Waals surface area contributed by atoms with Gasteiger partial charge < -0.3 is 20.3 Å². The van der Waals surface area contributed by atoms with Crippen LogP contribution in [0.15, 0.2) is 0 Å². The molecule has 3 unspecified atom stereocenters. The highest BCUT2D eigenvalue weighted by Crippen LogP contribution is 2.31. The van der Waals surface area contributed by atoms with Crippen LogP contribution < -0.4 is 5.32 Å². The normalized spacial score (nSPS) is 30.8. The molecule has 0 aliphatic heterocycles. The molecule has 0 aromatic carbocycles. The molecule has 0 aromatic rings. The SMILES string of the molecule is CC(C)(C)OC(=O)NCC1(O)CCC(S(C)(=O)=O)CC1O. The Morgan fingerprint density at radius 1 is 1.43 bits per heavy atom. The van der Waals surface area contributed by atoms with Gasteiger partial charge in [-0.2, -0.15) is 0 Å². The van der Waals surface area contributed by atoms with Crippen molar-refractivity contribution in [1.82, 2.24) is 5.32 Å². The zero-order valence-electron chi connectivity index (χ0n) is 12.9. The molecule has 7 nitrogen and oxygen atoms in total. The lowest BCUT2D eigenvalue weighted by Crippen LogP contribution is -2.56. The second-order valence-corrected chi connectivity index (χ2v) is 9.03. The van der Waals surface area contributed by atoms with Crippen LogP contribution in [-0.2, 0) is 14.6 Å². The number of ether oxygens (including phenoxy) is 1. The van der Waals surface area contributed by atoms with Crippen molar-refractivity contribution in [3.63, 3.8) is 0 Å². The fraction of sp³-hybridized carbons (Fsp3) is 0.923. The maximum Gasteiger partial charge on any atom is 0.407 e. The maximum absolute atomic E-state index is 11.6. The summed E-state index contributed by atoms with van der Waals surface area (Å²) in [5.74, 6) is 0. The summed E-state index contributed by atoms with van der Waals surface area (Å²) in [6.45, 7) is 4.97. The van der Waals surface area contributed by atoms with E-state index in [2.05, 4.69) is 5.32 Å². The van der Waals surface area contributed by atoms with Gasteiger partial charge in [-0.3, -0.25) is 0 Å². The van der Waals surface area contributed by atoms with Gasteiger partial charge in [-0.1, -0.05) is 0 Å². The molecule has 1 fully saturated rings. The fourth-order valence-electron chi connectivity index (χ4n) is 2.30. The van der Waals surface area contributed by atoms with Crippen molar-refractivity contribution >= 4 is 15.9 Å². The number of rotatable bonds is 3. The average molecular weight is 323 g/mol. The first-order valence-electron chi connectivity index (χ1n) is 6.90. The molecule has 1 saturated carbocycles. The Hall–Kier alpha value is -0.860. The van der Waals surface area contributed by atoms with Gasteiger partial charge in [0.05, 0.1) is 17.9 Å². The Morgan fingerprint density at radius 3 is 2.43 bits per heavy atom. The first-order chi connectivity index (χ1) is 9.33. The summed E-state index contributed by atoms with van der Waals surface area (Å²) in [5, 5.41) is 22.1. The number of amides is 1. The number of aliphatic hydroxyl groups is 2. The summed E-state index contributed by atoms with van der Waals surface area (Å²) in [5.41, 5.74) is -2.18. The van der Waals surface area contributed by atoms with Crippen molar-refractivity contribution in [2.45, 2.75) is 62.6 Å². The monoisotopic (exact) mass is 323 g/mol. The predicted molar refractivity (Wildman–Crippen MR) is 77.7 cm³/mol. The number of hydrogen-bond donors (Lipinski definition) is 3. The van der Waals surface area contributed by atoms with Gasteiger partial charge in [0.2, 0.25) is 0 Å². The van der Waals surface area contributed by atoms with Gasteiger partial charge in [-0.15, -0.1) is 0 Å². The summed E-state index contributed by atoms with van der Waals surface area (Å²) in [6, 6.07) is 0. The summed E-state index contributed by atoms with van der Waals surface area (Å²) in [7, 11) is -3.25. The molecule has 1 rings (SSSR count). The highest BCUT2D eigenvalue weighted by Gasteiger charge is 2.44. The van der Waals surface area contributed by atoms with E-state index in [0.29, 0.717) is 0 Å².